The van der Waals surface area contributed by atoms with E-state index in [1.165, 1.54) is 0 Å². The summed E-state index contributed by atoms with van der Waals surface area (Å²) in [6.07, 6.45) is 5.89. The number of carbonyl (C=O) groups is 1. The summed E-state index contributed by atoms with van der Waals surface area (Å²) in [7, 11) is 0. The molecule has 0 aliphatic heterocycles. The third-order valence-electron chi connectivity index (χ3n) is 5.80. The SMILES string of the molecule is O=C(Cc1cnn(-c2ccccc2)c1)NCC(c1ccccc1Cl)c1c[nH]c2ccccc12. The predicted molar refractivity (Wildman–Crippen MR) is 132 cm³/mol. The van der Waals surface area contributed by atoms with Crippen molar-refractivity contribution in [1.29, 1.82) is 0 Å². The fourth-order valence-corrected chi connectivity index (χ4v) is 4.43. The predicted octanol–water partition coefficient (Wildman–Crippen LogP) is 5.50. The number of fused-ring (bicyclic) bond motifs is 1. The number of hydrogen-bond acceptors (Lipinski definition) is 2. The van der Waals surface area contributed by atoms with Crippen molar-refractivity contribution in [3.63, 3.8) is 0 Å². The number of amides is 1. The number of carbonyl (C=O) groups excluding carboxylic acids is 1. The monoisotopic (exact) mass is 454 g/mol. The quantitative estimate of drug-likeness (QED) is 0.341. The highest BCUT2D eigenvalue weighted by Crippen LogP contribution is 2.34. The highest BCUT2D eigenvalue weighted by molar-refractivity contribution is 6.31. The molecule has 6 heteroatoms. The lowest BCUT2D eigenvalue weighted by Gasteiger charge is -2.19. The molecule has 0 saturated heterocycles. The van der Waals surface area contributed by atoms with E-state index in [1.54, 1.807) is 10.9 Å². The fourth-order valence-electron chi connectivity index (χ4n) is 4.16. The Morgan fingerprint density at radius 3 is 2.58 bits per heavy atom. The first kappa shape index (κ1) is 21.0. The summed E-state index contributed by atoms with van der Waals surface area (Å²) in [5.74, 6) is -0.134. The number of aromatic nitrogens is 3. The number of halogens is 1. The Kier molecular flexibility index (Phi) is 5.96. The van der Waals surface area contributed by atoms with Crippen LogP contribution in [-0.2, 0) is 11.2 Å². The molecule has 1 amide bonds. The van der Waals surface area contributed by atoms with Crippen molar-refractivity contribution in [3.05, 3.63) is 119 Å². The molecular formula is C27H23ClN4O. The van der Waals surface area contributed by atoms with E-state index in [2.05, 4.69) is 21.5 Å². The van der Waals surface area contributed by atoms with Crippen LogP contribution in [0.4, 0.5) is 0 Å². The van der Waals surface area contributed by atoms with Crippen molar-refractivity contribution >= 4 is 28.4 Å². The minimum absolute atomic E-state index is 0.0560. The van der Waals surface area contributed by atoms with Crippen LogP contribution in [0.1, 0.15) is 22.6 Å². The summed E-state index contributed by atoms with van der Waals surface area (Å²) >= 11 is 6.56. The van der Waals surface area contributed by atoms with Crippen molar-refractivity contribution in [2.24, 2.45) is 0 Å². The maximum absolute atomic E-state index is 12.8. The van der Waals surface area contributed by atoms with Gasteiger partial charge in [-0.15, -0.1) is 0 Å². The number of para-hydroxylation sites is 2. The van der Waals surface area contributed by atoms with Crippen LogP contribution >= 0.6 is 11.6 Å². The van der Waals surface area contributed by atoms with Gasteiger partial charge in [0, 0.05) is 40.8 Å². The van der Waals surface area contributed by atoms with Crippen molar-refractivity contribution in [2.45, 2.75) is 12.3 Å². The van der Waals surface area contributed by atoms with Gasteiger partial charge in [-0.05, 0) is 41.0 Å². The molecule has 3 aromatic carbocycles. The van der Waals surface area contributed by atoms with E-state index in [-0.39, 0.29) is 18.2 Å². The van der Waals surface area contributed by atoms with Gasteiger partial charge in [-0.25, -0.2) is 4.68 Å². The highest BCUT2D eigenvalue weighted by Gasteiger charge is 2.21. The molecule has 5 rings (SSSR count). The molecule has 5 aromatic rings. The zero-order valence-electron chi connectivity index (χ0n) is 17.9. The Bertz CT molecular complexity index is 1390. The molecule has 1 atom stereocenters. The van der Waals surface area contributed by atoms with Crippen LogP contribution in [0.5, 0.6) is 0 Å². The van der Waals surface area contributed by atoms with Crippen LogP contribution in [0.25, 0.3) is 16.6 Å². The Morgan fingerprint density at radius 2 is 1.73 bits per heavy atom. The van der Waals surface area contributed by atoms with Gasteiger partial charge in [0.25, 0.3) is 0 Å². The number of aromatic amines is 1. The molecule has 0 fully saturated rings. The van der Waals surface area contributed by atoms with Gasteiger partial charge in [0.1, 0.15) is 0 Å². The molecule has 5 nitrogen and oxygen atoms in total. The number of nitrogens with zero attached hydrogens (tertiary/aromatic N) is 2. The zero-order valence-corrected chi connectivity index (χ0v) is 18.7. The van der Waals surface area contributed by atoms with Gasteiger partial charge in [-0.2, -0.15) is 5.10 Å². The van der Waals surface area contributed by atoms with Crippen LogP contribution in [0.15, 0.2) is 97.5 Å². The third-order valence-corrected chi connectivity index (χ3v) is 6.15. The molecule has 1 unspecified atom stereocenters. The average Bonchev–Trinajstić information content (AvgIpc) is 3.48. The minimum Gasteiger partial charge on any atom is -0.361 e. The molecule has 2 N–H and O–H groups in total. The van der Waals surface area contributed by atoms with Gasteiger partial charge in [-0.1, -0.05) is 66.2 Å². The van der Waals surface area contributed by atoms with Crippen molar-refractivity contribution in [2.75, 3.05) is 6.54 Å². The van der Waals surface area contributed by atoms with Crippen LogP contribution in [0.3, 0.4) is 0 Å². The summed E-state index contributed by atoms with van der Waals surface area (Å²) in [6, 6.07) is 25.8. The average molecular weight is 455 g/mol. The first-order valence-corrected chi connectivity index (χ1v) is 11.2. The number of H-pyrrole nitrogens is 1. The molecule has 0 saturated carbocycles. The van der Waals surface area contributed by atoms with Gasteiger partial charge in [0.15, 0.2) is 0 Å². The molecule has 0 aliphatic rings. The van der Waals surface area contributed by atoms with Crippen molar-refractivity contribution in [3.8, 4) is 5.69 Å². The minimum atomic E-state index is -0.0779. The Morgan fingerprint density at radius 1 is 0.970 bits per heavy atom. The Balaban J connectivity index is 1.34. The van der Waals surface area contributed by atoms with E-state index in [9.17, 15) is 4.79 Å². The highest BCUT2D eigenvalue weighted by atomic mass is 35.5. The summed E-state index contributed by atoms with van der Waals surface area (Å²) < 4.78 is 1.78. The lowest BCUT2D eigenvalue weighted by molar-refractivity contribution is -0.120. The largest absolute Gasteiger partial charge is 0.361 e. The summed E-state index contributed by atoms with van der Waals surface area (Å²) in [5.41, 5.74) is 4.97. The van der Waals surface area contributed by atoms with E-state index >= 15 is 0 Å². The van der Waals surface area contributed by atoms with Gasteiger partial charge in [0.05, 0.1) is 18.3 Å². The molecule has 0 aliphatic carbocycles. The second-order valence-electron chi connectivity index (χ2n) is 7.97. The summed E-state index contributed by atoms with van der Waals surface area (Å²) in [4.78, 5) is 16.2. The number of benzene rings is 3. The lowest BCUT2D eigenvalue weighted by Crippen LogP contribution is -2.30. The third kappa shape index (κ3) is 4.54. The molecule has 33 heavy (non-hydrogen) atoms. The van der Waals surface area contributed by atoms with Gasteiger partial charge in [0.2, 0.25) is 5.91 Å². The standard InChI is InChI=1S/C27H23ClN4O/c28-25-12-6-4-10-21(25)23(24-16-29-26-13-7-5-11-22(24)26)17-30-27(33)14-19-15-31-32(18-19)20-8-2-1-3-9-20/h1-13,15-16,18,23,29H,14,17H2,(H,30,33). The molecular weight excluding hydrogens is 432 g/mol. The summed E-state index contributed by atoms with van der Waals surface area (Å²) in [5, 5.41) is 9.31. The first-order valence-electron chi connectivity index (χ1n) is 10.8. The maximum Gasteiger partial charge on any atom is 0.224 e. The molecule has 0 bridgehead atoms. The van der Waals surface area contributed by atoms with Crippen LogP contribution in [-0.4, -0.2) is 27.2 Å². The molecule has 0 spiro atoms. The van der Waals surface area contributed by atoms with Gasteiger partial charge < -0.3 is 10.3 Å². The van der Waals surface area contributed by atoms with Crippen molar-refractivity contribution < 1.29 is 4.79 Å². The van der Waals surface area contributed by atoms with Gasteiger partial charge in [-0.3, -0.25) is 4.79 Å². The summed E-state index contributed by atoms with van der Waals surface area (Å²) in [6.45, 7) is 0.442. The normalized spacial score (nSPS) is 12.0. The zero-order chi connectivity index (χ0) is 22.6. The van der Waals surface area contributed by atoms with Gasteiger partial charge >= 0.3 is 0 Å². The molecule has 0 radical (unpaired) electrons. The molecule has 164 valence electrons. The molecule has 2 aromatic heterocycles. The number of hydrogen-bond donors (Lipinski definition) is 2. The van der Waals surface area contributed by atoms with Crippen molar-refractivity contribution in [1.82, 2.24) is 20.1 Å². The van der Waals surface area contributed by atoms with E-state index in [0.29, 0.717) is 11.6 Å². The van der Waals surface area contributed by atoms with Crippen LogP contribution in [0, 0.1) is 0 Å². The number of rotatable bonds is 7. The fraction of sp³-hybridized carbons (Fsp3) is 0.111. The smallest absolute Gasteiger partial charge is 0.224 e. The Labute approximate surface area is 197 Å². The van der Waals surface area contributed by atoms with Crippen LogP contribution in [0.2, 0.25) is 5.02 Å². The van der Waals surface area contributed by atoms with E-state index < -0.39 is 0 Å². The topological polar surface area (TPSA) is 62.7 Å². The molecule has 2 heterocycles. The number of nitrogens with one attached hydrogen (secondary N) is 2. The Hall–Kier alpha value is -3.83. The second-order valence-corrected chi connectivity index (χ2v) is 8.38. The second kappa shape index (κ2) is 9.35. The first-order chi connectivity index (χ1) is 16.2. The van der Waals surface area contributed by atoms with E-state index in [4.69, 9.17) is 11.6 Å². The van der Waals surface area contributed by atoms with E-state index in [0.717, 1.165) is 33.3 Å². The maximum atomic E-state index is 12.8. The van der Waals surface area contributed by atoms with E-state index in [1.807, 2.05) is 85.2 Å². The van der Waals surface area contributed by atoms with Crippen LogP contribution < -0.4 is 5.32 Å². The lowest BCUT2D eigenvalue weighted by atomic mass is 9.90.